The molecule has 0 fully saturated rings. The summed E-state index contributed by atoms with van der Waals surface area (Å²) in [6.45, 7) is 0.394. The van der Waals surface area contributed by atoms with Crippen LogP contribution in [-0.2, 0) is 11.3 Å². The first-order valence-corrected chi connectivity index (χ1v) is 8.36. The number of aromatic nitrogens is 1. The standard InChI is InChI=1S/C21H20N2O4/c1-25-19-7-5-15(13-20(19)26-2)6-8-21(24)23-14-16-9-10-22-17(12-16)18-4-3-11-27-18/h3-13H,14H2,1-2H3,(H,23,24)/b8-6+. The molecule has 0 saturated carbocycles. The summed E-state index contributed by atoms with van der Waals surface area (Å²) in [7, 11) is 3.15. The Morgan fingerprint density at radius 1 is 1.15 bits per heavy atom. The van der Waals surface area contributed by atoms with Gasteiger partial charge in [-0.25, -0.2) is 0 Å². The van der Waals surface area contributed by atoms with Crippen LogP contribution in [0.2, 0.25) is 0 Å². The van der Waals surface area contributed by atoms with E-state index in [1.54, 1.807) is 44.9 Å². The van der Waals surface area contributed by atoms with Crippen molar-refractivity contribution >= 4 is 12.0 Å². The maximum atomic E-state index is 12.1. The summed E-state index contributed by atoms with van der Waals surface area (Å²) < 4.78 is 15.8. The minimum Gasteiger partial charge on any atom is -0.493 e. The lowest BCUT2D eigenvalue weighted by atomic mass is 10.2. The molecule has 0 spiro atoms. The molecule has 0 aliphatic heterocycles. The number of benzene rings is 1. The van der Waals surface area contributed by atoms with E-state index in [-0.39, 0.29) is 5.91 Å². The highest BCUT2D eigenvalue weighted by molar-refractivity contribution is 5.91. The van der Waals surface area contributed by atoms with Gasteiger partial charge in [0.1, 0.15) is 5.69 Å². The first-order chi connectivity index (χ1) is 13.2. The molecule has 0 atom stereocenters. The van der Waals surface area contributed by atoms with Gasteiger partial charge < -0.3 is 19.2 Å². The predicted molar refractivity (Wildman–Crippen MR) is 102 cm³/mol. The number of furan rings is 1. The lowest BCUT2D eigenvalue weighted by Crippen LogP contribution is -2.20. The molecule has 138 valence electrons. The average Bonchev–Trinajstić information content (AvgIpc) is 3.25. The number of rotatable bonds is 7. The Hall–Kier alpha value is -3.54. The first-order valence-electron chi connectivity index (χ1n) is 8.36. The fourth-order valence-electron chi connectivity index (χ4n) is 2.52. The second-order valence-corrected chi connectivity index (χ2v) is 5.69. The number of ether oxygens (including phenoxy) is 2. The molecule has 0 bridgehead atoms. The van der Waals surface area contributed by atoms with Crippen LogP contribution in [0.3, 0.4) is 0 Å². The Morgan fingerprint density at radius 3 is 2.74 bits per heavy atom. The molecule has 6 heteroatoms. The molecule has 3 aromatic rings. The lowest BCUT2D eigenvalue weighted by Gasteiger charge is -2.07. The molecule has 0 saturated heterocycles. The Kier molecular flexibility index (Phi) is 5.89. The van der Waals surface area contributed by atoms with Crippen molar-refractivity contribution in [1.82, 2.24) is 10.3 Å². The predicted octanol–water partition coefficient (Wildman–Crippen LogP) is 3.69. The number of carbonyl (C=O) groups excluding carboxylic acids is 1. The van der Waals surface area contributed by atoms with E-state index in [0.29, 0.717) is 23.8 Å². The van der Waals surface area contributed by atoms with Crippen molar-refractivity contribution in [2.45, 2.75) is 6.54 Å². The molecule has 0 radical (unpaired) electrons. The minimum atomic E-state index is -0.193. The summed E-state index contributed by atoms with van der Waals surface area (Å²) >= 11 is 0. The van der Waals surface area contributed by atoms with Gasteiger partial charge in [0.2, 0.25) is 5.91 Å². The molecule has 1 N–H and O–H groups in total. The summed E-state index contributed by atoms with van der Waals surface area (Å²) in [4.78, 5) is 16.4. The highest BCUT2D eigenvalue weighted by Gasteiger charge is 2.05. The number of nitrogens with zero attached hydrogens (tertiary/aromatic N) is 1. The van der Waals surface area contributed by atoms with E-state index >= 15 is 0 Å². The normalized spacial score (nSPS) is 10.7. The van der Waals surface area contributed by atoms with Crippen LogP contribution in [0, 0.1) is 0 Å². The second kappa shape index (κ2) is 8.71. The van der Waals surface area contributed by atoms with E-state index in [2.05, 4.69) is 10.3 Å². The summed E-state index contributed by atoms with van der Waals surface area (Å²) in [6, 6.07) is 12.8. The van der Waals surface area contributed by atoms with Crippen LogP contribution in [0.1, 0.15) is 11.1 Å². The fraction of sp³-hybridized carbons (Fsp3) is 0.143. The van der Waals surface area contributed by atoms with Crippen LogP contribution in [0.15, 0.2) is 65.4 Å². The molecule has 2 aromatic heterocycles. The third-order valence-corrected chi connectivity index (χ3v) is 3.90. The molecule has 1 aromatic carbocycles. The zero-order chi connectivity index (χ0) is 19.1. The molecule has 27 heavy (non-hydrogen) atoms. The molecule has 0 unspecified atom stereocenters. The second-order valence-electron chi connectivity index (χ2n) is 5.69. The van der Waals surface area contributed by atoms with Crippen molar-refractivity contribution in [3.05, 3.63) is 72.1 Å². The van der Waals surface area contributed by atoms with Gasteiger partial charge in [0.05, 0.1) is 20.5 Å². The largest absolute Gasteiger partial charge is 0.493 e. The number of pyridine rings is 1. The van der Waals surface area contributed by atoms with Crippen molar-refractivity contribution in [3.8, 4) is 23.0 Å². The van der Waals surface area contributed by atoms with Gasteiger partial charge in [-0.3, -0.25) is 9.78 Å². The van der Waals surface area contributed by atoms with E-state index in [4.69, 9.17) is 13.9 Å². The van der Waals surface area contributed by atoms with Gasteiger partial charge in [0.25, 0.3) is 0 Å². The maximum absolute atomic E-state index is 12.1. The Bertz CT molecular complexity index is 933. The van der Waals surface area contributed by atoms with E-state index in [9.17, 15) is 4.79 Å². The van der Waals surface area contributed by atoms with Gasteiger partial charge in [-0.15, -0.1) is 0 Å². The number of nitrogens with one attached hydrogen (secondary N) is 1. The molecular weight excluding hydrogens is 344 g/mol. The zero-order valence-corrected chi connectivity index (χ0v) is 15.1. The lowest BCUT2D eigenvalue weighted by molar-refractivity contribution is -0.116. The van der Waals surface area contributed by atoms with Crippen LogP contribution in [0.5, 0.6) is 11.5 Å². The topological polar surface area (TPSA) is 73.6 Å². The van der Waals surface area contributed by atoms with E-state index < -0.39 is 0 Å². The maximum Gasteiger partial charge on any atom is 0.244 e. The van der Waals surface area contributed by atoms with Gasteiger partial charge >= 0.3 is 0 Å². The monoisotopic (exact) mass is 364 g/mol. The molecule has 1 amide bonds. The molecule has 2 heterocycles. The number of amides is 1. The van der Waals surface area contributed by atoms with Crippen molar-refractivity contribution in [2.75, 3.05) is 14.2 Å². The molecule has 3 rings (SSSR count). The van der Waals surface area contributed by atoms with E-state index in [1.165, 1.54) is 6.08 Å². The smallest absolute Gasteiger partial charge is 0.244 e. The van der Waals surface area contributed by atoms with Crippen LogP contribution >= 0.6 is 0 Å². The van der Waals surface area contributed by atoms with E-state index in [0.717, 1.165) is 16.8 Å². The van der Waals surface area contributed by atoms with Crippen LogP contribution in [0.4, 0.5) is 0 Å². The van der Waals surface area contributed by atoms with Crippen LogP contribution in [0.25, 0.3) is 17.5 Å². The Labute approximate surface area is 157 Å². The average molecular weight is 364 g/mol. The Morgan fingerprint density at radius 2 is 2.00 bits per heavy atom. The molecular formula is C21H20N2O4. The third kappa shape index (κ3) is 4.76. The van der Waals surface area contributed by atoms with Gasteiger partial charge in [-0.2, -0.15) is 0 Å². The fourth-order valence-corrected chi connectivity index (χ4v) is 2.52. The number of carbonyl (C=O) groups is 1. The third-order valence-electron chi connectivity index (χ3n) is 3.90. The summed E-state index contributed by atoms with van der Waals surface area (Å²) in [6.07, 6.45) is 6.50. The van der Waals surface area contributed by atoms with Gasteiger partial charge in [-0.05, 0) is 53.6 Å². The van der Waals surface area contributed by atoms with Crippen molar-refractivity contribution in [1.29, 1.82) is 0 Å². The van der Waals surface area contributed by atoms with Crippen LogP contribution < -0.4 is 14.8 Å². The van der Waals surface area contributed by atoms with Crippen molar-refractivity contribution in [2.24, 2.45) is 0 Å². The first kappa shape index (κ1) is 18.3. The molecule has 6 nitrogen and oxygen atoms in total. The van der Waals surface area contributed by atoms with Gasteiger partial charge in [-0.1, -0.05) is 6.07 Å². The van der Waals surface area contributed by atoms with Crippen LogP contribution in [-0.4, -0.2) is 25.1 Å². The molecule has 0 aliphatic rings. The minimum absolute atomic E-state index is 0.193. The summed E-state index contributed by atoms with van der Waals surface area (Å²) in [5, 5.41) is 2.85. The van der Waals surface area contributed by atoms with E-state index in [1.807, 2.05) is 30.3 Å². The zero-order valence-electron chi connectivity index (χ0n) is 15.1. The van der Waals surface area contributed by atoms with Gasteiger partial charge in [0, 0.05) is 18.8 Å². The highest BCUT2D eigenvalue weighted by atomic mass is 16.5. The molecule has 0 aliphatic carbocycles. The van der Waals surface area contributed by atoms with Gasteiger partial charge in [0.15, 0.2) is 17.3 Å². The van der Waals surface area contributed by atoms with Crippen molar-refractivity contribution < 1.29 is 18.7 Å². The quantitative estimate of drug-likeness (QED) is 0.647. The highest BCUT2D eigenvalue weighted by Crippen LogP contribution is 2.27. The Balaban J connectivity index is 1.60. The summed E-state index contributed by atoms with van der Waals surface area (Å²) in [5.41, 5.74) is 2.50. The summed E-state index contributed by atoms with van der Waals surface area (Å²) in [5.74, 6) is 1.75. The van der Waals surface area contributed by atoms with Crippen molar-refractivity contribution in [3.63, 3.8) is 0 Å². The number of hydrogen-bond donors (Lipinski definition) is 1. The number of methoxy groups -OCH3 is 2. The number of hydrogen-bond acceptors (Lipinski definition) is 5. The SMILES string of the molecule is COc1ccc(/C=C/C(=O)NCc2ccnc(-c3ccco3)c2)cc1OC.